The molecule has 0 bridgehead atoms. The number of hydrogen-bond acceptors (Lipinski definition) is 5. The molecule has 5 nitrogen and oxygen atoms in total. The second kappa shape index (κ2) is 8.37. The van der Waals surface area contributed by atoms with Crippen LogP contribution in [0.5, 0.6) is 11.5 Å². The van der Waals surface area contributed by atoms with Crippen molar-refractivity contribution in [1.82, 2.24) is 10.3 Å². The Hall–Kier alpha value is -3.31. The van der Waals surface area contributed by atoms with Gasteiger partial charge in [-0.1, -0.05) is 24.3 Å². The van der Waals surface area contributed by atoms with Crippen molar-refractivity contribution in [2.75, 3.05) is 14.2 Å². The molecule has 0 aliphatic carbocycles. The van der Waals surface area contributed by atoms with Crippen molar-refractivity contribution in [2.24, 2.45) is 0 Å². The first-order chi connectivity index (χ1) is 14.2. The van der Waals surface area contributed by atoms with Gasteiger partial charge in [-0.3, -0.25) is 0 Å². The molecule has 1 N–H and O–H groups in total. The van der Waals surface area contributed by atoms with Gasteiger partial charge in [0.1, 0.15) is 17.0 Å². The zero-order valence-electron chi connectivity index (χ0n) is 16.8. The van der Waals surface area contributed by atoms with Gasteiger partial charge in [-0.05, 0) is 60.0 Å². The number of benzene rings is 3. The van der Waals surface area contributed by atoms with Crippen LogP contribution in [0.15, 0.2) is 71.5 Å². The van der Waals surface area contributed by atoms with Crippen molar-refractivity contribution >= 4 is 11.1 Å². The Labute approximate surface area is 170 Å². The lowest BCUT2D eigenvalue weighted by atomic mass is 10.0. The summed E-state index contributed by atoms with van der Waals surface area (Å²) < 4.78 is 16.3. The summed E-state index contributed by atoms with van der Waals surface area (Å²) in [6, 6.07) is 20.6. The van der Waals surface area contributed by atoms with E-state index in [9.17, 15) is 0 Å². The van der Waals surface area contributed by atoms with Crippen LogP contribution in [0.4, 0.5) is 0 Å². The standard InChI is InChI=1S/C24H24N2O3/c1-16(18-5-4-6-20(12-18)27-2)25-14-17-7-9-23(28-3)21(11-17)19-8-10-24-22(13-19)26-15-29-24/h4-13,15-16,25H,14H2,1-3H3/t16-/m1/s1. The predicted molar refractivity (Wildman–Crippen MR) is 114 cm³/mol. The zero-order valence-corrected chi connectivity index (χ0v) is 16.8. The van der Waals surface area contributed by atoms with Crippen molar-refractivity contribution in [3.8, 4) is 22.6 Å². The van der Waals surface area contributed by atoms with Crippen LogP contribution in [0.2, 0.25) is 0 Å². The summed E-state index contributed by atoms with van der Waals surface area (Å²) in [7, 11) is 3.38. The summed E-state index contributed by atoms with van der Waals surface area (Å²) in [4.78, 5) is 4.26. The Morgan fingerprint density at radius 1 is 1.00 bits per heavy atom. The fraction of sp³-hybridized carbons (Fsp3) is 0.208. The first kappa shape index (κ1) is 19.0. The maximum absolute atomic E-state index is 5.59. The van der Waals surface area contributed by atoms with Gasteiger partial charge in [0.05, 0.1) is 14.2 Å². The molecule has 0 fully saturated rings. The van der Waals surface area contributed by atoms with E-state index in [1.807, 2.05) is 36.4 Å². The molecule has 1 atom stereocenters. The van der Waals surface area contributed by atoms with Gasteiger partial charge >= 0.3 is 0 Å². The number of ether oxygens (including phenoxy) is 2. The van der Waals surface area contributed by atoms with Crippen molar-refractivity contribution in [2.45, 2.75) is 19.5 Å². The quantitative estimate of drug-likeness (QED) is 0.462. The highest BCUT2D eigenvalue weighted by atomic mass is 16.5. The van der Waals surface area contributed by atoms with E-state index in [-0.39, 0.29) is 6.04 Å². The number of aromatic nitrogens is 1. The van der Waals surface area contributed by atoms with Crippen LogP contribution in [0, 0.1) is 0 Å². The summed E-state index contributed by atoms with van der Waals surface area (Å²) in [5, 5.41) is 3.58. The number of nitrogens with zero attached hydrogens (tertiary/aromatic N) is 1. The minimum Gasteiger partial charge on any atom is -0.497 e. The van der Waals surface area contributed by atoms with Gasteiger partial charge in [-0.15, -0.1) is 0 Å². The van der Waals surface area contributed by atoms with Crippen molar-refractivity contribution < 1.29 is 13.9 Å². The van der Waals surface area contributed by atoms with E-state index in [0.717, 1.165) is 40.3 Å². The number of nitrogens with one attached hydrogen (secondary N) is 1. The van der Waals surface area contributed by atoms with Gasteiger partial charge in [0.25, 0.3) is 0 Å². The first-order valence-electron chi connectivity index (χ1n) is 9.56. The molecular formula is C24H24N2O3. The molecule has 29 heavy (non-hydrogen) atoms. The van der Waals surface area contributed by atoms with Crippen LogP contribution in [0.25, 0.3) is 22.2 Å². The molecule has 0 unspecified atom stereocenters. The fourth-order valence-electron chi connectivity index (χ4n) is 3.42. The van der Waals surface area contributed by atoms with Gasteiger partial charge in [0.2, 0.25) is 0 Å². The average molecular weight is 388 g/mol. The van der Waals surface area contributed by atoms with Crippen LogP contribution in [0.1, 0.15) is 24.1 Å². The summed E-state index contributed by atoms with van der Waals surface area (Å²) in [5.41, 5.74) is 6.06. The molecule has 3 aromatic carbocycles. The van der Waals surface area contributed by atoms with Crippen molar-refractivity contribution in [1.29, 1.82) is 0 Å². The Balaban J connectivity index is 1.56. The normalized spacial score (nSPS) is 12.1. The molecule has 148 valence electrons. The number of methoxy groups -OCH3 is 2. The minimum absolute atomic E-state index is 0.196. The Kier molecular flexibility index (Phi) is 5.49. The number of rotatable bonds is 7. The Morgan fingerprint density at radius 2 is 1.90 bits per heavy atom. The second-order valence-electron chi connectivity index (χ2n) is 6.95. The van der Waals surface area contributed by atoms with E-state index < -0.39 is 0 Å². The molecule has 5 heteroatoms. The van der Waals surface area contributed by atoms with Gasteiger partial charge < -0.3 is 19.2 Å². The van der Waals surface area contributed by atoms with E-state index in [4.69, 9.17) is 13.9 Å². The Morgan fingerprint density at radius 3 is 2.72 bits per heavy atom. The third kappa shape index (κ3) is 4.10. The molecule has 0 radical (unpaired) electrons. The summed E-state index contributed by atoms with van der Waals surface area (Å²) in [5.74, 6) is 1.70. The minimum atomic E-state index is 0.196. The Bertz CT molecular complexity index is 1120. The molecule has 0 aliphatic rings. The summed E-state index contributed by atoms with van der Waals surface area (Å²) in [6.45, 7) is 2.89. The van der Waals surface area contributed by atoms with E-state index in [0.29, 0.717) is 0 Å². The molecule has 0 saturated heterocycles. The number of hydrogen-bond donors (Lipinski definition) is 1. The van der Waals surface area contributed by atoms with Crippen LogP contribution in [0.3, 0.4) is 0 Å². The molecule has 0 amide bonds. The monoisotopic (exact) mass is 388 g/mol. The highest BCUT2D eigenvalue weighted by molar-refractivity contribution is 5.82. The van der Waals surface area contributed by atoms with E-state index in [1.54, 1.807) is 14.2 Å². The molecule has 4 rings (SSSR count). The average Bonchev–Trinajstić information content (AvgIpc) is 3.25. The molecule has 0 saturated carbocycles. The van der Waals surface area contributed by atoms with Crippen LogP contribution < -0.4 is 14.8 Å². The maximum Gasteiger partial charge on any atom is 0.181 e. The lowest BCUT2D eigenvalue weighted by Gasteiger charge is -2.16. The largest absolute Gasteiger partial charge is 0.497 e. The number of oxazole rings is 1. The SMILES string of the molecule is COc1cccc([C@@H](C)NCc2ccc(OC)c(-c3ccc4ocnc4c3)c2)c1. The van der Waals surface area contributed by atoms with Crippen molar-refractivity contribution in [3.63, 3.8) is 0 Å². The third-order valence-electron chi connectivity index (χ3n) is 5.11. The van der Waals surface area contributed by atoms with Crippen LogP contribution in [-0.4, -0.2) is 19.2 Å². The van der Waals surface area contributed by atoms with Gasteiger partial charge in [0, 0.05) is 18.2 Å². The molecule has 4 aromatic rings. The fourth-order valence-corrected chi connectivity index (χ4v) is 3.42. The van der Waals surface area contributed by atoms with Crippen LogP contribution in [-0.2, 0) is 6.54 Å². The third-order valence-corrected chi connectivity index (χ3v) is 5.11. The highest BCUT2D eigenvalue weighted by Gasteiger charge is 2.11. The number of fused-ring (bicyclic) bond motifs is 1. The highest BCUT2D eigenvalue weighted by Crippen LogP contribution is 2.33. The van der Waals surface area contributed by atoms with E-state index >= 15 is 0 Å². The molecule has 1 aromatic heterocycles. The molecule has 1 heterocycles. The predicted octanol–water partition coefficient (Wildman–Crippen LogP) is 5.36. The lowest BCUT2D eigenvalue weighted by Crippen LogP contribution is -2.18. The smallest absolute Gasteiger partial charge is 0.181 e. The zero-order chi connectivity index (χ0) is 20.2. The van der Waals surface area contributed by atoms with Gasteiger partial charge in [-0.2, -0.15) is 0 Å². The summed E-state index contributed by atoms with van der Waals surface area (Å²) >= 11 is 0. The second-order valence-corrected chi connectivity index (χ2v) is 6.95. The first-order valence-corrected chi connectivity index (χ1v) is 9.56. The molecular weight excluding hydrogens is 364 g/mol. The van der Waals surface area contributed by atoms with Crippen LogP contribution >= 0.6 is 0 Å². The molecule has 0 spiro atoms. The maximum atomic E-state index is 5.59. The summed E-state index contributed by atoms with van der Waals surface area (Å²) in [6.07, 6.45) is 1.46. The van der Waals surface area contributed by atoms with Crippen molar-refractivity contribution in [3.05, 3.63) is 78.2 Å². The van der Waals surface area contributed by atoms with Gasteiger partial charge in [-0.25, -0.2) is 4.98 Å². The van der Waals surface area contributed by atoms with E-state index in [2.05, 4.69) is 41.5 Å². The topological polar surface area (TPSA) is 56.5 Å². The van der Waals surface area contributed by atoms with E-state index in [1.165, 1.54) is 17.5 Å². The molecule has 0 aliphatic heterocycles. The van der Waals surface area contributed by atoms with Gasteiger partial charge in [0.15, 0.2) is 12.0 Å². The lowest BCUT2D eigenvalue weighted by molar-refractivity contribution is 0.413.